The Labute approximate surface area is 129 Å². The summed E-state index contributed by atoms with van der Waals surface area (Å²) in [5, 5.41) is 2.67. The Hall–Kier alpha value is -1.53. The lowest BCUT2D eigenvalue weighted by atomic mass is 10.0. The monoisotopic (exact) mass is 320 g/mol. The van der Waals surface area contributed by atoms with Crippen molar-refractivity contribution in [3.63, 3.8) is 0 Å². The highest BCUT2D eigenvalue weighted by atomic mass is 35.5. The Bertz CT molecular complexity index is 436. The molecule has 1 fully saturated rings. The molecule has 112 valence electrons. The number of rotatable bonds is 2. The van der Waals surface area contributed by atoms with Gasteiger partial charge in [0, 0.05) is 31.5 Å². The fraction of sp³-hybridized carbons (Fsp3) is 0.417. The van der Waals surface area contributed by atoms with Crippen molar-refractivity contribution < 1.29 is 9.59 Å². The zero-order chi connectivity index (χ0) is 13.0. The summed E-state index contributed by atoms with van der Waals surface area (Å²) < 4.78 is 0. The SMILES string of the molecule is Cl.Cl.NC(=O)NC1CCN(C(=O)c2cccnc2)CC1. The van der Waals surface area contributed by atoms with E-state index in [1.807, 2.05) is 0 Å². The molecule has 0 bridgehead atoms. The van der Waals surface area contributed by atoms with Crippen LogP contribution in [0.15, 0.2) is 24.5 Å². The molecular formula is C12H18Cl2N4O2. The van der Waals surface area contributed by atoms with Crippen LogP contribution in [-0.2, 0) is 0 Å². The summed E-state index contributed by atoms with van der Waals surface area (Å²) in [7, 11) is 0. The third kappa shape index (κ3) is 4.86. The van der Waals surface area contributed by atoms with Crippen LogP contribution in [-0.4, -0.2) is 41.0 Å². The predicted molar refractivity (Wildman–Crippen MR) is 80.4 cm³/mol. The number of hydrogen-bond acceptors (Lipinski definition) is 3. The molecule has 0 unspecified atom stereocenters. The summed E-state index contributed by atoms with van der Waals surface area (Å²) in [6.07, 6.45) is 4.67. The van der Waals surface area contributed by atoms with E-state index in [1.54, 1.807) is 29.4 Å². The highest BCUT2D eigenvalue weighted by Crippen LogP contribution is 2.13. The normalized spacial score (nSPS) is 14.7. The average molecular weight is 321 g/mol. The largest absolute Gasteiger partial charge is 0.352 e. The van der Waals surface area contributed by atoms with Crippen LogP contribution in [0, 0.1) is 0 Å². The maximum Gasteiger partial charge on any atom is 0.312 e. The lowest BCUT2D eigenvalue weighted by Crippen LogP contribution is -2.47. The molecule has 0 aromatic carbocycles. The minimum atomic E-state index is -0.507. The summed E-state index contributed by atoms with van der Waals surface area (Å²) in [6.45, 7) is 1.25. The van der Waals surface area contributed by atoms with Crippen LogP contribution in [0.5, 0.6) is 0 Å². The summed E-state index contributed by atoms with van der Waals surface area (Å²) in [6, 6.07) is 3.06. The predicted octanol–water partition coefficient (Wildman–Crippen LogP) is 1.20. The molecule has 20 heavy (non-hydrogen) atoms. The first kappa shape index (κ1) is 18.5. The molecule has 1 aliphatic rings. The van der Waals surface area contributed by atoms with E-state index >= 15 is 0 Å². The first-order valence-electron chi connectivity index (χ1n) is 5.92. The highest BCUT2D eigenvalue weighted by molar-refractivity contribution is 5.93. The molecule has 0 atom stereocenters. The fourth-order valence-electron chi connectivity index (χ4n) is 2.10. The van der Waals surface area contributed by atoms with Crippen molar-refractivity contribution in [1.29, 1.82) is 0 Å². The zero-order valence-corrected chi connectivity index (χ0v) is 12.5. The maximum absolute atomic E-state index is 12.1. The van der Waals surface area contributed by atoms with Crippen LogP contribution in [0.1, 0.15) is 23.2 Å². The number of nitrogens with zero attached hydrogens (tertiary/aromatic N) is 2. The van der Waals surface area contributed by atoms with E-state index in [4.69, 9.17) is 5.73 Å². The molecular weight excluding hydrogens is 303 g/mol. The van der Waals surface area contributed by atoms with Gasteiger partial charge < -0.3 is 16.0 Å². The van der Waals surface area contributed by atoms with Gasteiger partial charge in [-0.3, -0.25) is 9.78 Å². The number of primary amides is 1. The second kappa shape index (κ2) is 8.60. The van der Waals surface area contributed by atoms with Crippen LogP contribution in [0.3, 0.4) is 0 Å². The number of pyridine rings is 1. The zero-order valence-electron chi connectivity index (χ0n) is 10.8. The van der Waals surface area contributed by atoms with Crippen molar-refractivity contribution in [1.82, 2.24) is 15.2 Å². The van der Waals surface area contributed by atoms with Crippen molar-refractivity contribution in [3.8, 4) is 0 Å². The molecule has 1 aromatic heterocycles. The van der Waals surface area contributed by atoms with E-state index in [0.29, 0.717) is 18.7 Å². The molecule has 3 N–H and O–H groups in total. The van der Waals surface area contributed by atoms with Crippen molar-refractivity contribution >= 4 is 36.8 Å². The number of amides is 3. The topological polar surface area (TPSA) is 88.3 Å². The van der Waals surface area contributed by atoms with Gasteiger partial charge in [0.15, 0.2) is 0 Å². The highest BCUT2D eigenvalue weighted by Gasteiger charge is 2.24. The molecule has 0 saturated carbocycles. The van der Waals surface area contributed by atoms with Gasteiger partial charge >= 0.3 is 6.03 Å². The molecule has 1 aliphatic heterocycles. The van der Waals surface area contributed by atoms with Crippen molar-refractivity contribution in [3.05, 3.63) is 30.1 Å². The molecule has 8 heteroatoms. The number of carbonyl (C=O) groups is 2. The van der Waals surface area contributed by atoms with E-state index in [-0.39, 0.29) is 36.8 Å². The van der Waals surface area contributed by atoms with Crippen LogP contribution < -0.4 is 11.1 Å². The molecule has 1 saturated heterocycles. The molecule has 2 rings (SSSR count). The van der Waals surface area contributed by atoms with Gasteiger partial charge in [0.25, 0.3) is 5.91 Å². The molecule has 6 nitrogen and oxygen atoms in total. The average Bonchev–Trinajstić information content (AvgIpc) is 2.39. The Morgan fingerprint density at radius 1 is 1.30 bits per heavy atom. The van der Waals surface area contributed by atoms with Crippen LogP contribution >= 0.6 is 24.8 Å². The smallest absolute Gasteiger partial charge is 0.312 e. The Morgan fingerprint density at radius 2 is 1.95 bits per heavy atom. The number of nitrogens with one attached hydrogen (secondary N) is 1. The Kier molecular flexibility index (Phi) is 7.94. The van der Waals surface area contributed by atoms with E-state index in [1.165, 1.54) is 0 Å². The molecule has 2 heterocycles. The van der Waals surface area contributed by atoms with Crippen LogP contribution in [0.25, 0.3) is 0 Å². The molecule has 0 radical (unpaired) electrons. The second-order valence-corrected chi connectivity index (χ2v) is 4.32. The lowest BCUT2D eigenvalue weighted by Gasteiger charge is -2.32. The molecule has 0 spiro atoms. The minimum Gasteiger partial charge on any atom is -0.352 e. The summed E-state index contributed by atoms with van der Waals surface area (Å²) in [5.74, 6) is -0.0133. The summed E-state index contributed by atoms with van der Waals surface area (Å²) >= 11 is 0. The van der Waals surface area contributed by atoms with Gasteiger partial charge in [-0.1, -0.05) is 0 Å². The molecule has 1 aromatic rings. The first-order valence-corrected chi connectivity index (χ1v) is 5.92. The van der Waals surface area contributed by atoms with E-state index in [0.717, 1.165) is 12.8 Å². The number of nitrogens with two attached hydrogens (primary N) is 1. The number of urea groups is 1. The number of carbonyl (C=O) groups excluding carboxylic acids is 2. The number of piperidine rings is 1. The fourth-order valence-corrected chi connectivity index (χ4v) is 2.10. The van der Waals surface area contributed by atoms with Gasteiger partial charge in [-0.25, -0.2) is 4.79 Å². The van der Waals surface area contributed by atoms with Gasteiger partial charge in [-0.15, -0.1) is 24.8 Å². The molecule has 0 aliphatic carbocycles. The van der Waals surface area contributed by atoms with E-state index in [2.05, 4.69) is 10.3 Å². The van der Waals surface area contributed by atoms with Crippen molar-refractivity contribution in [2.75, 3.05) is 13.1 Å². The number of aromatic nitrogens is 1. The third-order valence-corrected chi connectivity index (χ3v) is 3.04. The standard InChI is InChI=1S/C12H16N4O2.2ClH/c13-12(18)15-10-3-6-16(7-4-10)11(17)9-2-1-5-14-8-9;;/h1-2,5,8,10H,3-4,6-7H2,(H3,13,15,18);2*1H. The van der Waals surface area contributed by atoms with Gasteiger partial charge in [-0.2, -0.15) is 0 Å². The number of likely N-dealkylation sites (tertiary alicyclic amines) is 1. The quantitative estimate of drug-likeness (QED) is 0.858. The minimum absolute atomic E-state index is 0. The van der Waals surface area contributed by atoms with E-state index in [9.17, 15) is 9.59 Å². The Balaban J connectivity index is 0.00000180. The van der Waals surface area contributed by atoms with Crippen LogP contribution in [0.4, 0.5) is 4.79 Å². The second-order valence-electron chi connectivity index (χ2n) is 4.32. The number of halogens is 2. The van der Waals surface area contributed by atoms with Crippen LogP contribution in [0.2, 0.25) is 0 Å². The van der Waals surface area contributed by atoms with Crippen molar-refractivity contribution in [2.24, 2.45) is 5.73 Å². The lowest BCUT2D eigenvalue weighted by molar-refractivity contribution is 0.0708. The van der Waals surface area contributed by atoms with Crippen molar-refractivity contribution in [2.45, 2.75) is 18.9 Å². The third-order valence-electron chi connectivity index (χ3n) is 3.04. The van der Waals surface area contributed by atoms with Gasteiger partial charge in [-0.05, 0) is 25.0 Å². The maximum atomic E-state index is 12.1. The first-order chi connectivity index (χ1) is 8.66. The Morgan fingerprint density at radius 3 is 2.45 bits per heavy atom. The summed E-state index contributed by atoms with van der Waals surface area (Å²) in [5.41, 5.74) is 5.67. The van der Waals surface area contributed by atoms with Gasteiger partial charge in [0.05, 0.1) is 5.56 Å². The van der Waals surface area contributed by atoms with Gasteiger partial charge in [0.2, 0.25) is 0 Å². The number of hydrogen-bond donors (Lipinski definition) is 2. The van der Waals surface area contributed by atoms with E-state index < -0.39 is 6.03 Å². The van der Waals surface area contributed by atoms with Gasteiger partial charge in [0.1, 0.15) is 0 Å². The summed E-state index contributed by atoms with van der Waals surface area (Å²) in [4.78, 5) is 28.5. The molecule has 3 amide bonds.